The molecular formula is C17H17NO2S. The minimum Gasteiger partial charge on any atom is -0.395 e. The largest absolute Gasteiger partial charge is 0.395 e. The van der Waals surface area contributed by atoms with Crippen LogP contribution < -0.4 is 5.32 Å². The molecule has 0 saturated carbocycles. The van der Waals surface area contributed by atoms with E-state index in [1.54, 1.807) is 6.07 Å². The summed E-state index contributed by atoms with van der Waals surface area (Å²) < 4.78 is 0. The van der Waals surface area contributed by atoms with Crippen LogP contribution in [0.4, 0.5) is 0 Å². The van der Waals surface area contributed by atoms with E-state index in [1.807, 2.05) is 37.3 Å². The molecule has 0 bridgehead atoms. The van der Waals surface area contributed by atoms with Gasteiger partial charge in [0.2, 0.25) is 0 Å². The molecule has 1 amide bonds. The summed E-state index contributed by atoms with van der Waals surface area (Å²) in [5, 5.41) is 11.6. The Bertz CT molecular complexity index is 662. The molecule has 0 spiro atoms. The minimum absolute atomic E-state index is 0.0578. The number of aliphatic hydroxyl groups excluding tert-OH is 1. The van der Waals surface area contributed by atoms with Gasteiger partial charge in [-0.2, -0.15) is 0 Å². The molecule has 1 aromatic heterocycles. The highest BCUT2D eigenvalue weighted by Crippen LogP contribution is 2.15. The summed E-state index contributed by atoms with van der Waals surface area (Å²) in [6.45, 7) is 2.61. The second-order valence-corrected chi connectivity index (χ2v) is 5.69. The van der Waals surface area contributed by atoms with E-state index in [0.717, 1.165) is 10.4 Å². The Morgan fingerprint density at radius 1 is 1.24 bits per heavy atom. The summed E-state index contributed by atoms with van der Waals surface area (Å²) >= 11 is 1.36. The highest BCUT2D eigenvalue weighted by atomic mass is 32.1. The first-order chi connectivity index (χ1) is 10.2. The number of carbonyl (C=O) groups excluding carboxylic acids is 1. The predicted octanol–water partition coefficient (Wildman–Crippen LogP) is 2.72. The van der Waals surface area contributed by atoms with Gasteiger partial charge in [-0.1, -0.05) is 41.7 Å². The van der Waals surface area contributed by atoms with Crippen LogP contribution in [0.15, 0.2) is 36.4 Å². The number of hydrogen-bond donors (Lipinski definition) is 2. The van der Waals surface area contributed by atoms with Crippen LogP contribution in [0.1, 0.15) is 32.1 Å². The molecule has 0 aliphatic carbocycles. The molecular weight excluding hydrogens is 282 g/mol. The van der Waals surface area contributed by atoms with Crippen LogP contribution in [-0.4, -0.2) is 17.6 Å². The molecule has 0 fully saturated rings. The van der Waals surface area contributed by atoms with Gasteiger partial charge < -0.3 is 10.4 Å². The van der Waals surface area contributed by atoms with Gasteiger partial charge in [-0.3, -0.25) is 4.79 Å². The lowest BCUT2D eigenvalue weighted by Gasteiger charge is -2.04. The quantitative estimate of drug-likeness (QED) is 0.853. The van der Waals surface area contributed by atoms with Gasteiger partial charge in [-0.25, -0.2) is 0 Å². The Hall–Kier alpha value is -2.09. The molecule has 3 nitrogen and oxygen atoms in total. The fraction of sp³-hybridized carbons (Fsp3) is 0.235. The molecule has 0 saturated heterocycles. The smallest absolute Gasteiger partial charge is 0.261 e. The molecule has 0 radical (unpaired) electrons. The number of thiophene rings is 1. The van der Waals surface area contributed by atoms with E-state index in [2.05, 4.69) is 17.2 Å². The highest BCUT2D eigenvalue weighted by molar-refractivity contribution is 7.14. The Labute approximate surface area is 128 Å². The van der Waals surface area contributed by atoms with E-state index >= 15 is 0 Å². The molecule has 4 heteroatoms. The van der Waals surface area contributed by atoms with Crippen molar-refractivity contribution < 1.29 is 9.90 Å². The van der Waals surface area contributed by atoms with Crippen molar-refractivity contribution in [2.75, 3.05) is 6.61 Å². The Balaban J connectivity index is 1.92. The Morgan fingerprint density at radius 2 is 2.00 bits per heavy atom. The van der Waals surface area contributed by atoms with E-state index in [-0.39, 0.29) is 12.5 Å². The number of carbonyl (C=O) groups is 1. The van der Waals surface area contributed by atoms with Crippen molar-refractivity contribution in [3.05, 3.63) is 57.3 Å². The highest BCUT2D eigenvalue weighted by Gasteiger charge is 2.08. The minimum atomic E-state index is -0.0872. The maximum atomic E-state index is 12.0. The lowest BCUT2D eigenvalue weighted by Crippen LogP contribution is -2.21. The van der Waals surface area contributed by atoms with Gasteiger partial charge in [-0.15, -0.1) is 11.3 Å². The van der Waals surface area contributed by atoms with Gasteiger partial charge in [0.05, 0.1) is 16.4 Å². The zero-order valence-corrected chi connectivity index (χ0v) is 12.7. The van der Waals surface area contributed by atoms with Gasteiger partial charge in [0.15, 0.2) is 0 Å². The van der Waals surface area contributed by atoms with Crippen LogP contribution in [-0.2, 0) is 6.54 Å². The van der Waals surface area contributed by atoms with E-state index < -0.39 is 0 Å². The van der Waals surface area contributed by atoms with Crippen LogP contribution in [0.3, 0.4) is 0 Å². The third kappa shape index (κ3) is 4.75. The van der Waals surface area contributed by atoms with Crippen LogP contribution in [0.2, 0.25) is 0 Å². The van der Waals surface area contributed by atoms with Crippen LogP contribution in [0, 0.1) is 18.8 Å². The number of amides is 1. The van der Waals surface area contributed by atoms with Crippen molar-refractivity contribution in [1.82, 2.24) is 5.32 Å². The zero-order chi connectivity index (χ0) is 15.1. The number of aliphatic hydroxyl groups is 1. The monoisotopic (exact) mass is 299 g/mol. The van der Waals surface area contributed by atoms with Gasteiger partial charge >= 0.3 is 0 Å². The van der Waals surface area contributed by atoms with Crippen molar-refractivity contribution in [2.24, 2.45) is 0 Å². The Kier molecular flexibility index (Phi) is 5.56. The maximum absolute atomic E-state index is 12.0. The maximum Gasteiger partial charge on any atom is 0.261 e. The van der Waals surface area contributed by atoms with E-state index in [1.165, 1.54) is 16.9 Å². The second kappa shape index (κ2) is 7.63. The molecule has 2 aromatic rings. The fourth-order valence-electron chi connectivity index (χ4n) is 1.71. The Morgan fingerprint density at radius 3 is 2.71 bits per heavy atom. The molecule has 0 unspecified atom stereocenters. The van der Waals surface area contributed by atoms with Crippen molar-refractivity contribution >= 4 is 17.2 Å². The second-order valence-electron chi connectivity index (χ2n) is 4.61. The number of rotatable bonds is 4. The molecule has 2 N–H and O–H groups in total. The van der Waals surface area contributed by atoms with Gasteiger partial charge in [0.25, 0.3) is 5.91 Å². The van der Waals surface area contributed by atoms with Crippen LogP contribution >= 0.6 is 11.3 Å². The summed E-state index contributed by atoms with van der Waals surface area (Å²) in [7, 11) is 0. The third-order valence-corrected chi connectivity index (χ3v) is 3.85. The van der Waals surface area contributed by atoms with Crippen molar-refractivity contribution in [2.45, 2.75) is 19.9 Å². The molecule has 0 aliphatic rings. The number of benzene rings is 1. The molecule has 0 atom stereocenters. The summed E-state index contributed by atoms with van der Waals surface area (Å²) in [5.41, 5.74) is 2.28. The molecule has 2 rings (SSSR count). The van der Waals surface area contributed by atoms with Crippen LogP contribution in [0.5, 0.6) is 0 Å². The molecule has 1 heterocycles. The first-order valence-corrected chi connectivity index (χ1v) is 7.54. The number of nitrogens with one attached hydrogen (secondary N) is 1. The van der Waals surface area contributed by atoms with Crippen molar-refractivity contribution in [1.29, 1.82) is 0 Å². The first kappa shape index (κ1) is 15.3. The SMILES string of the molecule is Cc1ccc(CNC(=O)c2ccc(C#CCCO)s2)cc1. The summed E-state index contributed by atoms with van der Waals surface area (Å²) in [5.74, 6) is 5.69. The third-order valence-electron chi connectivity index (χ3n) is 2.85. The van der Waals surface area contributed by atoms with E-state index in [0.29, 0.717) is 17.8 Å². The predicted molar refractivity (Wildman–Crippen MR) is 85.2 cm³/mol. The topological polar surface area (TPSA) is 49.3 Å². The van der Waals surface area contributed by atoms with Gasteiger partial charge in [-0.05, 0) is 24.6 Å². The number of aryl methyl sites for hydroxylation is 1. The van der Waals surface area contributed by atoms with Gasteiger partial charge in [0, 0.05) is 13.0 Å². The average molecular weight is 299 g/mol. The zero-order valence-electron chi connectivity index (χ0n) is 11.8. The summed E-state index contributed by atoms with van der Waals surface area (Å²) in [4.78, 5) is 13.5. The summed E-state index contributed by atoms with van der Waals surface area (Å²) in [6.07, 6.45) is 0.451. The van der Waals surface area contributed by atoms with E-state index in [4.69, 9.17) is 5.11 Å². The normalized spacial score (nSPS) is 9.81. The van der Waals surface area contributed by atoms with Crippen molar-refractivity contribution in [3.63, 3.8) is 0 Å². The summed E-state index contributed by atoms with van der Waals surface area (Å²) in [6, 6.07) is 11.7. The number of hydrogen-bond acceptors (Lipinski definition) is 3. The lowest BCUT2D eigenvalue weighted by molar-refractivity contribution is 0.0955. The molecule has 108 valence electrons. The standard InChI is InChI=1S/C17H17NO2S/c1-13-5-7-14(8-6-13)12-18-17(20)16-10-9-15(21-16)4-2-3-11-19/h5-10,19H,3,11-12H2,1H3,(H,18,20). The van der Waals surface area contributed by atoms with Gasteiger partial charge in [0.1, 0.15) is 0 Å². The first-order valence-electron chi connectivity index (χ1n) is 6.72. The van der Waals surface area contributed by atoms with Crippen molar-refractivity contribution in [3.8, 4) is 11.8 Å². The van der Waals surface area contributed by atoms with Crippen LogP contribution in [0.25, 0.3) is 0 Å². The van der Waals surface area contributed by atoms with E-state index in [9.17, 15) is 4.79 Å². The lowest BCUT2D eigenvalue weighted by atomic mass is 10.1. The molecule has 1 aromatic carbocycles. The molecule has 0 aliphatic heterocycles. The molecule has 21 heavy (non-hydrogen) atoms. The fourth-order valence-corrected chi connectivity index (χ4v) is 2.51. The average Bonchev–Trinajstić information content (AvgIpc) is 2.96.